The van der Waals surface area contributed by atoms with Crippen LogP contribution in [0.2, 0.25) is 0 Å². The van der Waals surface area contributed by atoms with Crippen LogP contribution in [-0.2, 0) is 11.2 Å². The van der Waals surface area contributed by atoms with E-state index in [2.05, 4.69) is 15.4 Å². The molecule has 0 bridgehead atoms. The maximum Gasteiger partial charge on any atom is 0.320 e. The third-order valence-electron chi connectivity index (χ3n) is 2.15. The largest absolute Gasteiger partial charge is 0.480 e. The number of aliphatic carboxylic acids is 1. The van der Waals surface area contributed by atoms with Crippen LogP contribution in [0.3, 0.4) is 0 Å². The molecule has 1 atom stereocenters. The maximum atomic E-state index is 10.6. The van der Waals surface area contributed by atoms with Crippen LogP contribution >= 0.6 is 0 Å². The number of carboxylic acid groups (broad SMARTS) is 1. The highest BCUT2D eigenvalue weighted by Crippen LogP contribution is 2.11. The standard InChI is InChI=1S/C9H10N4O2/c10-6(9(14)15)3-5-1-2-7-8(4-5)12-13-11-7/h1-2,4,6H,3,10H2,(H,14,15)(H,11,12,13)/t6-/m1/s1. The number of hydrogen-bond donors (Lipinski definition) is 3. The van der Waals surface area contributed by atoms with Crippen molar-refractivity contribution in [1.82, 2.24) is 15.4 Å². The molecule has 4 N–H and O–H groups in total. The molecule has 0 saturated carbocycles. The first-order valence-corrected chi connectivity index (χ1v) is 4.44. The van der Waals surface area contributed by atoms with Crippen molar-refractivity contribution in [2.24, 2.45) is 5.73 Å². The summed E-state index contributed by atoms with van der Waals surface area (Å²) >= 11 is 0. The molecule has 0 amide bonds. The van der Waals surface area contributed by atoms with Gasteiger partial charge in [-0.25, -0.2) is 0 Å². The number of carbonyl (C=O) groups is 1. The summed E-state index contributed by atoms with van der Waals surface area (Å²) < 4.78 is 0. The van der Waals surface area contributed by atoms with E-state index < -0.39 is 12.0 Å². The number of hydrogen-bond acceptors (Lipinski definition) is 4. The Morgan fingerprint density at radius 3 is 2.93 bits per heavy atom. The highest BCUT2D eigenvalue weighted by atomic mass is 16.4. The van der Waals surface area contributed by atoms with Gasteiger partial charge in [0.05, 0.1) is 0 Å². The summed E-state index contributed by atoms with van der Waals surface area (Å²) in [5, 5.41) is 18.9. The van der Waals surface area contributed by atoms with Crippen LogP contribution in [0.25, 0.3) is 11.0 Å². The van der Waals surface area contributed by atoms with Crippen molar-refractivity contribution in [3.63, 3.8) is 0 Å². The van der Waals surface area contributed by atoms with Crippen LogP contribution in [0.1, 0.15) is 5.56 Å². The van der Waals surface area contributed by atoms with E-state index >= 15 is 0 Å². The molecule has 6 heteroatoms. The minimum Gasteiger partial charge on any atom is -0.480 e. The van der Waals surface area contributed by atoms with Gasteiger partial charge in [0.25, 0.3) is 0 Å². The molecule has 0 aliphatic heterocycles. The van der Waals surface area contributed by atoms with Gasteiger partial charge in [-0.05, 0) is 24.1 Å². The third kappa shape index (κ3) is 1.94. The number of H-pyrrole nitrogens is 1. The van der Waals surface area contributed by atoms with Crippen LogP contribution in [-0.4, -0.2) is 32.5 Å². The third-order valence-corrected chi connectivity index (χ3v) is 2.15. The summed E-state index contributed by atoms with van der Waals surface area (Å²) in [6.45, 7) is 0. The van der Waals surface area contributed by atoms with Crippen LogP contribution in [0, 0.1) is 0 Å². The second-order valence-corrected chi connectivity index (χ2v) is 3.30. The molecule has 0 radical (unpaired) electrons. The predicted molar refractivity (Wildman–Crippen MR) is 53.2 cm³/mol. The monoisotopic (exact) mass is 206 g/mol. The van der Waals surface area contributed by atoms with Gasteiger partial charge < -0.3 is 10.8 Å². The summed E-state index contributed by atoms with van der Waals surface area (Å²) in [6.07, 6.45) is 0.290. The van der Waals surface area contributed by atoms with E-state index in [1.165, 1.54) is 0 Å². The number of aromatic nitrogens is 3. The summed E-state index contributed by atoms with van der Waals surface area (Å²) in [7, 11) is 0. The van der Waals surface area contributed by atoms with Crippen molar-refractivity contribution in [1.29, 1.82) is 0 Å². The molecule has 0 fully saturated rings. The molecule has 1 aromatic carbocycles. The Morgan fingerprint density at radius 1 is 1.47 bits per heavy atom. The van der Waals surface area contributed by atoms with Crippen LogP contribution in [0.4, 0.5) is 0 Å². The zero-order chi connectivity index (χ0) is 10.8. The first kappa shape index (κ1) is 9.60. The lowest BCUT2D eigenvalue weighted by atomic mass is 10.1. The first-order chi connectivity index (χ1) is 7.16. The number of nitrogens with zero attached hydrogens (tertiary/aromatic N) is 2. The minimum atomic E-state index is -1.00. The van der Waals surface area contributed by atoms with Crippen molar-refractivity contribution < 1.29 is 9.90 Å². The lowest BCUT2D eigenvalue weighted by Crippen LogP contribution is -2.32. The predicted octanol–water partition coefficient (Wildman–Crippen LogP) is -0.0877. The van der Waals surface area contributed by atoms with E-state index in [0.29, 0.717) is 5.52 Å². The molecule has 0 saturated heterocycles. The van der Waals surface area contributed by atoms with Gasteiger partial charge in [-0.3, -0.25) is 4.79 Å². The molecule has 0 unspecified atom stereocenters. The fraction of sp³-hybridized carbons (Fsp3) is 0.222. The van der Waals surface area contributed by atoms with Gasteiger partial charge in [0, 0.05) is 0 Å². The Hall–Kier alpha value is -1.95. The minimum absolute atomic E-state index is 0.290. The smallest absolute Gasteiger partial charge is 0.320 e. The second kappa shape index (κ2) is 3.66. The van der Waals surface area contributed by atoms with Crippen molar-refractivity contribution in [3.8, 4) is 0 Å². The van der Waals surface area contributed by atoms with Gasteiger partial charge in [0.1, 0.15) is 17.1 Å². The molecule has 78 valence electrons. The number of benzene rings is 1. The molecular formula is C9H10N4O2. The van der Waals surface area contributed by atoms with Crippen LogP contribution in [0.5, 0.6) is 0 Å². The quantitative estimate of drug-likeness (QED) is 0.651. The summed E-state index contributed by atoms with van der Waals surface area (Å²) in [5.41, 5.74) is 7.73. The number of nitrogens with one attached hydrogen (secondary N) is 1. The molecule has 0 aliphatic rings. The molecule has 6 nitrogen and oxygen atoms in total. The molecule has 1 aromatic heterocycles. The van der Waals surface area contributed by atoms with Crippen molar-refractivity contribution in [2.75, 3.05) is 0 Å². The van der Waals surface area contributed by atoms with Gasteiger partial charge in [-0.1, -0.05) is 6.07 Å². The van der Waals surface area contributed by atoms with Crippen LogP contribution < -0.4 is 5.73 Å². The molecule has 2 rings (SSSR count). The number of fused-ring (bicyclic) bond motifs is 1. The molecular weight excluding hydrogens is 196 g/mol. The molecule has 0 spiro atoms. The number of aromatic amines is 1. The lowest BCUT2D eigenvalue weighted by Gasteiger charge is -2.05. The summed E-state index contributed by atoms with van der Waals surface area (Å²) in [5.74, 6) is -1.00. The average molecular weight is 206 g/mol. The highest BCUT2D eigenvalue weighted by molar-refractivity contribution is 5.76. The lowest BCUT2D eigenvalue weighted by molar-refractivity contribution is -0.138. The zero-order valence-corrected chi connectivity index (χ0v) is 7.84. The van der Waals surface area contributed by atoms with Gasteiger partial charge in [-0.2, -0.15) is 15.4 Å². The zero-order valence-electron chi connectivity index (χ0n) is 7.84. The van der Waals surface area contributed by atoms with Crippen molar-refractivity contribution >= 4 is 17.0 Å². The topological polar surface area (TPSA) is 105 Å². The average Bonchev–Trinajstić information content (AvgIpc) is 2.64. The second-order valence-electron chi connectivity index (χ2n) is 3.30. The highest BCUT2D eigenvalue weighted by Gasteiger charge is 2.12. The van der Waals surface area contributed by atoms with Gasteiger partial charge in [0.15, 0.2) is 0 Å². The van der Waals surface area contributed by atoms with Crippen molar-refractivity contribution in [3.05, 3.63) is 23.8 Å². The van der Waals surface area contributed by atoms with E-state index in [1.54, 1.807) is 18.2 Å². The van der Waals surface area contributed by atoms with E-state index in [-0.39, 0.29) is 6.42 Å². The normalized spacial score (nSPS) is 12.9. The SMILES string of the molecule is N[C@H](Cc1ccc2n[nH]nc2c1)C(=O)O. The van der Waals surface area contributed by atoms with Crippen molar-refractivity contribution in [2.45, 2.75) is 12.5 Å². The molecule has 15 heavy (non-hydrogen) atoms. The molecule has 0 aliphatic carbocycles. The van der Waals surface area contributed by atoms with E-state index in [0.717, 1.165) is 11.1 Å². The Bertz CT molecular complexity index is 494. The molecule has 2 aromatic rings. The Labute approximate surface area is 85.1 Å². The van der Waals surface area contributed by atoms with Gasteiger partial charge in [0.2, 0.25) is 0 Å². The fourth-order valence-electron chi connectivity index (χ4n) is 1.35. The van der Waals surface area contributed by atoms with E-state index in [4.69, 9.17) is 10.8 Å². The number of rotatable bonds is 3. The van der Waals surface area contributed by atoms with Gasteiger partial charge in [-0.15, -0.1) is 0 Å². The van der Waals surface area contributed by atoms with E-state index in [1.807, 2.05) is 0 Å². The fourth-order valence-corrected chi connectivity index (χ4v) is 1.35. The summed E-state index contributed by atoms with van der Waals surface area (Å²) in [6, 6.07) is 4.48. The van der Waals surface area contributed by atoms with Gasteiger partial charge >= 0.3 is 5.97 Å². The Balaban J connectivity index is 2.24. The Kier molecular flexibility index (Phi) is 2.34. The maximum absolute atomic E-state index is 10.6. The summed E-state index contributed by atoms with van der Waals surface area (Å²) in [4.78, 5) is 10.6. The number of nitrogens with two attached hydrogens (primary N) is 1. The van der Waals surface area contributed by atoms with E-state index in [9.17, 15) is 4.79 Å². The number of carboxylic acids is 1. The molecule has 1 heterocycles. The van der Waals surface area contributed by atoms with Crippen LogP contribution in [0.15, 0.2) is 18.2 Å². The Morgan fingerprint density at radius 2 is 2.20 bits per heavy atom. The first-order valence-electron chi connectivity index (χ1n) is 4.44.